The van der Waals surface area contributed by atoms with Crippen LogP contribution in [0.2, 0.25) is 0 Å². The number of hydrogen-bond acceptors (Lipinski definition) is 5. The zero-order valence-corrected chi connectivity index (χ0v) is 15.3. The van der Waals surface area contributed by atoms with Gasteiger partial charge in [-0.3, -0.25) is 14.7 Å². The molecule has 3 heterocycles. The molecular formula is C20H21F2N5O. The lowest BCUT2D eigenvalue weighted by Crippen LogP contribution is -2.42. The van der Waals surface area contributed by atoms with Gasteiger partial charge in [0, 0.05) is 37.1 Å². The number of benzene rings is 1. The van der Waals surface area contributed by atoms with Crippen molar-refractivity contribution in [2.24, 2.45) is 0 Å². The number of aromatic nitrogens is 1. The molecule has 0 radical (unpaired) electrons. The van der Waals surface area contributed by atoms with Gasteiger partial charge in [-0.1, -0.05) is 0 Å². The fraction of sp³-hybridized carbons (Fsp3) is 0.450. The average molecular weight is 385 g/mol. The van der Waals surface area contributed by atoms with Crippen molar-refractivity contribution in [1.82, 2.24) is 14.8 Å². The third-order valence-electron chi connectivity index (χ3n) is 5.43. The van der Waals surface area contributed by atoms with E-state index in [9.17, 15) is 13.6 Å². The van der Waals surface area contributed by atoms with E-state index >= 15 is 0 Å². The molecule has 1 aromatic carbocycles. The molecule has 0 saturated carbocycles. The average Bonchev–Trinajstić information content (AvgIpc) is 3.30. The summed E-state index contributed by atoms with van der Waals surface area (Å²) >= 11 is 0. The fourth-order valence-corrected chi connectivity index (χ4v) is 4.04. The van der Waals surface area contributed by atoms with E-state index in [4.69, 9.17) is 5.26 Å². The van der Waals surface area contributed by atoms with E-state index < -0.39 is 12.2 Å². The van der Waals surface area contributed by atoms with Crippen molar-refractivity contribution >= 4 is 22.5 Å². The summed E-state index contributed by atoms with van der Waals surface area (Å²) in [6.07, 6.45) is 1.38. The number of carbonyl (C=O) groups is 1. The molecule has 1 unspecified atom stereocenters. The van der Waals surface area contributed by atoms with Crippen LogP contribution in [0.15, 0.2) is 30.5 Å². The fourth-order valence-electron chi connectivity index (χ4n) is 4.04. The smallest absolute Gasteiger partial charge is 0.237 e. The molecule has 146 valence electrons. The van der Waals surface area contributed by atoms with Crippen molar-refractivity contribution < 1.29 is 13.6 Å². The zero-order chi connectivity index (χ0) is 19.7. The number of hydrogen-bond donors (Lipinski definition) is 1. The molecule has 4 rings (SSSR count). The van der Waals surface area contributed by atoms with E-state index in [1.54, 1.807) is 18.3 Å². The van der Waals surface area contributed by atoms with Gasteiger partial charge in [0.15, 0.2) is 0 Å². The number of alkyl halides is 1. The lowest BCUT2D eigenvalue weighted by atomic mass is 10.1. The van der Waals surface area contributed by atoms with Gasteiger partial charge in [-0.05, 0) is 30.7 Å². The number of fused-ring (bicyclic) bond motifs is 1. The molecule has 2 aliphatic rings. The Hall–Kier alpha value is -2.79. The molecule has 2 fully saturated rings. The molecule has 2 aromatic rings. The van der Waals surface area contributed by atoms with Crippen LogP contribution in [0, 0.1) is 17.1 Å². The summed E-state index contributed by atoms with van der Waals surface area (Å²) in [7, 11) is 0. The number of likely N-dealkylation sites (tertiary alicyclic amines) is 2. The van der Waals surface area contributed by atoms with Crippen molar-refractivity contribution in [1.29, 1.82) is 5.26 Å². The Bertz CT molecular complexity index is 930. The molecule has 6 nitrogen and oxygen atoms in total. The molecule has 8 heteroatoms. The van der Waals surface area contributed by atoms with E-state index in [2.05, 4.69) is 10.3 Å². The minimum absolute atomic E-state index is 0.00706. The first-order valence-corrected chi connectivity index (χ1v) is 9.40. The Labute approximate surface area is 161 Å². The summed E-state index contributed by atoms with van der Waals surface area (Å²) in [4.78, 5) is 20.0. The van der Waals surface area contributed by atoms with Gasteiger partial charge >= 0.3 is 0 Å². The third-order valence-corrected chi connectivity index (χ3v) is 5.43. The molecule has 1 amide bonds. The van der Waals surface area contributed by atoms with Gasteiger partial charge in [0.2, 0.25) is 5.91 Å². The molecule has 2 aliphatic heterocycles. The van der Waals surface area contributed by atoms with Crippen LogP contribution in [0.1, 0.15) is 12.8 Å². The Morgan fingerprint density at radius 1 is 1.36 bits per heavy atom. The molecule has 0 aliphatic carbocycles. The zero-order valence-electron chi connectivity index (χ0n) is 15.3. The van der Waals surface area contributed by atoms with E-state index in [1.165, 1.54) is 11.0 Å². The molecule has 3 atom stereocenters. The van der Waals surface area contributed by atoms with Crippen LogP contribution in [0.25, 0.3) is 10.9 Å². The van der Waals surface area contributed by atoms with E-state index in [0.717, 1.165) is 11.8 Å². The molecule has 0 bridgehead atoms. The van der Waals surface area contributed by atoms with Crippen molar-refractivity contribution in [3.05, 3.63) is 36.3 Å². The van der Waals surface area contributed by atoms with E-state index in [1.807, 2.05) is 17.0 Å². The van der Waals surface area contributed by atoms with Crippen LogP contribution in [-0.2, 0) is 4.79 Å². The van der Waals surface area contributed by atoms with Crippen LogP contribution >= 0.6 is 0 Å². The quantitative estimate of drug-likeness (QED) is 0.875. The number of halogens is 2. The summed E-state index contributed by atoms with van der Waals surface area (Å²) in [5.74, 6) is -0.564. The predicted molar refractivity (Wildman–Crippen MR) is 101 cm³/mol. The maximum absolute atomic E-state index is 14.4. The second-order valence-corrected chi connectivity index (χ2v) is 7.38. The van der Waals surface area contributed by atoms with Crippen LogP contribution in [0.5, 0.6) is 0 Å². The SMILES string of the molecule is N#CC1C[C@H](F)CN1C(=O)CN1CC[C@@H](Nc2c(F)ccc3ncccc23)C1. The van der Waals surface area contributed by atoms with Crippen LogP contribution in [0.3, 0.4) is 0 Å². The van der Waals surface area contributed by atoms with Crippen LogP contribution in [0.4, 0.5) is 14.5 Å². The van der Waals surface area contributed by atoms with E-state index in [0.29, 0.717) is 24.3 Å². The minimum Gasteiger partial charge on any atom is -0.378 e. The standard InChI is InChI=1S/C20H21F2N5O/c21-13-8-15(9-23)27(10-13)19(28)12-26-7-5-14(11-26)25-20-16-2-1-6-24-18(16)4-3-17(20)22/h1-4,6,13-15,25H,5,7-8,10-12H2/t13-,14+,15?/m0/s1. The van der Waals surface area contributed by atoms with Crippen LogP contribution in [-0.4, -0.2) is 65.1 Å². The largest absolute Gasteiger partial charge is 0.378 e. The molecule has 1 aromatic heterocycles. The number of nitriles is 1. The summed E-state index contributed by atoms with van der Waals surface area (Å²) in [5.41, 5.74) is 1.14. The minimum atomic E-state index is -1.13. The summed E-state index contributed by atoms with van der Waals surface area (Å²) < 4.78 is 27.9. The highest BCUT2D eigenvalue weighted by Crippen LogP contribution is 2.27. The van der Waals surface area contributed by atoms with Crippen molar-refractivity contribution in [2.45, 2.75) is 31.1 Å². The third kappa shape index (κ3) is 3.62. The number of pyridine rings is 1. The first-order valence-electron chi connectivity index (χ1n) is 9.40. The Kier molecular flexibility index (Phi) is 5.09. The monoisotopic (exact) mass is 385 g/mol. The number of rotatable bonds is 4. The maximum atomic E-state index is 14.4. The van der Waals surface area contributed by atoms with Gasteiger partial charge in [0.05, 0.1) is 30.4 Å². The second-order valence-electron chi connectivity index (χ2n) is 7.38. The number of nitrogens with zero attached hydrogens (tertiary/aromatic N) is 4. The van der Waals surface area contributed by atoms with Gasteiger partial charge in [-0.15, -0.1) is 0 Å². The Morgan fingerprint density at radius 3 is 3.04 bits per heavy atom. The molecule has 2 saturated heterocycles. The van der Waals surface area contributed by atoms with Crippen molar-refractivity contribution in [3.63, 3.8) is 0 Å². The predicted octanol–water partition coefficient (Wildman–Crippen LogP) is 2.32. The number of anilines is 1. The topological polar surface area (TPSA) is 72.3 Å². The van der Waals surface area contributed by atoms with Gasteiger partial charge in [0.1, 0.15) is 18.0 Å². The highest BCUT2D eigenvalue weighted by atomic mass is 19.1. The van der Waals surface area contributed by atoms with Crippen molar-refractivity contribution in [3.8, 4) is 6.07 Å². The Balaban J connectivity index is 1.40. The van der Waals surface area contributed by atoms with E-state index in [-0.39, 0.29) is 37.3 Å². The lowest BCUT2D eigenvalue weighted by molar-refractivity contribution is -0.132. The number of amides is 1. The van der Waals surface area contributed by atoms with Gasteiger partial charge in [0.25, 0.3) is 0 Å². The summed E-state index contributed by atoms with van der Waals surface area (Å²) in [6, 6.07) is 7.95. The van der Waals surface area contributed by atoms with Crippen LogP contribution < -0.4 is 5.32 Å². The first kappa shape index (κ1) is 18.6. The number of carbonyl (C=O) groups excluding carboxylic acids is 1. The van der Waals surface area contributed by atoms with Gasteiger partial charge in [-0.25, -0.2) is 8.78 Å². The highest BCUT2D eigenvalue weighted by molar-refractivity contribution is 5.91. The van der Waals surface area contributed by atoms with Gasteiger partial charge < -0.3 is 10.2 Å². The molecule has 0 spiro atoms. The maximum Gasteiger partial charge on any atom is 0.237 e. The normalized spacial score (nSPS) is 25.2. The second kappa shape index (κ2) is 7.68. The Morgan fingerprint density at radius 2 is 2.21 bits per heavy atom. The highest BCUT2D eigenvalue weighted by Gasteiger charge is 2.36. The number of nitrogens with one attached hydrogen (secondary N) is 1. The molecule has 1 N–H and O–H groups in total. The summed E-state index contributed by atoms with van der Waals surface area (Å²) in [6.45, 7) is 1.38. The lowest BCUT2D eigenvalue weighted by Gasteiger charge is -2.23. The first-order chi connectivity index (χ1) is 13.5. The summed E-state index contributed by atoms with van der Waals surface area (Å²) in [5, 5.41) is 13.1. The van der Waals surface area contributed by atoms with Gasteiger partial charge in [-0.2, -0.15) is 5.26 Å². The molecular weight excluding hydrogens is 364 g/mol. The van der Waals surface area contributed by atoms with Crippen molar-refractivity contribution in [2.75, 3.05) is 31.5 Å². The molecule has 28 heavy (non-hydrogen) atoms.